The van der Waals surface area contributed by atoms with E-state index >= 15 is 0 Å². The number of piperazine rings is 1. The average molecular weight is 498 g/mol. The normalized spacial score (nSPS) is 17.5. The standard InChI is InChI=1S/C23H31N9O2S/c1-29(2)15-19(33)31-5-3-30(4-6-31)14-17-11-18-20(35-17)22(32-7-9-34-10-8-32)28-21(27-18)16-12-25-23(24)26-13-16/h11-13H,3-10,14-15H2,1-2H3,(H2,24,25,26). The van der Waals surface area contributed by atoms with Gasteiger partial charge in [-0.05, 0) is 20.2 Å². The van der Waals surface area contributed by atoms with Crippen LogP contribution in [0.2, 0.25) is 0 Å². The molecule has 2 aliphatic rings. The second-order valence-electron chi connectivity index (χ2n) is 9.12. The van der Waals surface area contributed by atoms with Crippen molar-refractivity contribution in [2.45, 2.75) is 6.54 Å². The molecule has 11 nitrogen and oxygen atoms in total. The molecule has 0 aliphatic carbocycles. The minimum Gasteiger partial charge on any atom is -0.378 e. The SMILES string of the molecule is CN(C)CC(=O)N1CCN(Cc2cc3nc(-c4cnc(N)nc4)nc(N4CCOCC4)c3s2)CC1. The molecule has 0 bridgehead atoms. The smallest absolute Gasteiger partial charge is 0.236 e. The fourth-order valence-corrected chi connectivity index (χ4v) is 5.52. The predicted molar refractivity (Wildman–Crippen MR) is 136 cm³/mol. The summed E-state index contributed by atoms with van der Waals surface area (Å²) in [6.45, 7) is 7.49. The Bertz CT molecular complexity index is 1170. The third-order valence-electron chi connectivity index (χ3n) is 6.20. The summed E-state index contributed by atoms with van der Waals surface area (Å²) in [4.78, 5) is 40.2. The number of carbonyl (C=O) groups is 1. The van der Waals surface area contributed by atoms with Crippen LogP contribution >= 0.6 is 11.3 Å². The Morgan fingerprint density at radius 2 is 1.80 bits per heavy atom. The number of nitrogens with two attached hydrogens (primary N) is 1. The molecule has 2 N–H and O–H groups in total. The molecular weight excluding hydrogens is 466 g/mol. The van der Waals surface area contributed by atoms with Gasteiger partial charge in [-0.25, -0.2) is 19.9 Å². The lowest BCUT2D eigenvalue weighted by Gasteiger charge is -2.35. The Hall–Kier alpha value is -2.93. The molecule has 2 fully saturated rings. The number of aromatic nitrogens is 4. The Labute approximate surface area is 208 Å². The van der Waals surface area contributed by atoms with Gasteiger partial charge in [-0.2, -0.15) is 0 Å². The van der Waals surface area contributed by atoms with Gasteiger partial charge in [0, 0.05) is 63.1 Å². The molecule has 0 radical (unpaired) electrons. The van der Waals surface area contributed by atoms with E-state index in [1.54, 1.807) is 23.7 Å². The maximum atomic E-state index is 12.4. The molecule has 0 unspecified atom stereocenters. The molecule has 3 aromatic heterocycles. The first kappa shape index (κ1) is 23.8. The molecule has 0 saturated carbocycles. The van der Waals surface area contributed by atoms with Gasteiger partial charge in [-0.1, -0.05) is 0 Å². The van der Waals surface area contributed by atoms with E-state index in [0.29, 0.717) is 25.6 Å². The molecule has 1 amide bonds. The maximum absolute atomic E-state index is 12.4. The number of nitrogens with zero attached hydrogens (tertiary/aromatic N) is 8. The number of morpholine rings is 1. The van der Waals surface area contributed by atoms with E-state index in [9.17, 15) is 4.79 Å². The van der Waals surface area contributed by atoms with Crippen molar-refractivity contribution in [1.29, 1.82) is 0 Å². The summed E-state index contributed by atoms with van der Waals surface area (Å²) in [6.07, 6.45) is 3.33. The fraction of sp³-hybridized carbons (Fsp3) is 0.522. The van der Waals surface area contributed by atoms with Crippen LogP contribution in [0.25, 0.3) is 21.6 Å². The number of likely N-dealkylation sites (N-methyl/N-ethyl adjacent to an activating group) is 1. The lowest BCUT2D eigenvalue weighted by Crippen LogP contribution is -2.50. The van der Waals surface area contributed by atoms with E-state index in [0.717, 1.165) is 67.4 Å². The first-order valence-corrected chi connectivity index (χ1v) is 12.6. The van der Waals surface area contributed by atoms with E-state index in [2.05, 4.69) is 25.8 Å². The van der Waals surface area contributed by atoms with E-state index < -0.39 is 0 Å². The van der Waals surface area contributed by atoms with Crippen molar-refractivity contribution < 1.29 is 9.53 Å². The lowest BCUT2D eigenvalue weighted by molar-refractivity contribution is -0.133. The van der Waals surface area contributed by atoms with Gasteiger partial charge in [0.2, 0.25) is 11.9 Å². The zero-order valence-electron chi connectivity index (χ0n) is 20.2. The number of ether oxygens (including phenoxy) is 1. The Kier molecular flexibility index (Phi) is 7.04. The van der Waals surface area contributed by atoms with Gasteiger partial charge in [0.1, 0.15) is 0 Å². The number of hydrogen-bond acceptors (Lipinski definition) is 11. The van der Waals surface area contributed by atoms with Crippen LogP contribution in [0.15, 0.2) is 18.5 Å². The molecule has 5 rings (SSSR count). The van der Waals surface area contributed by atoms with Gasteiger partial charge in [0.15, 0.2) is 11.6 Å². The number of hydrogen-bond donors (Lipinski definition) is 1. The van der Waals surface area contributed by atoms with Gasteiger partial charge in [0.05, 0.1) is 35.5 Å². The number of rotatable bonds is 6. The highest BCUT2D eigenvalue weighted by Gasteiger charge is 2.24. The molecular formula is C23H31N9O2S. The number of amides is 1. The topological polar surface area (TPSA) is 117 Å². The molecule has 0 spiro atoms. The number of nitrogen functional groups attached to an aromatic ring is 1. The highest BCUT2D eigenvalue weighted by Crippen LogP contribution is 2.35. The molecule has 2 saturated heterocycles. The van der Waals surface area contributed by atoms with Gasteiger partial charge < -0.3 is 25.2 Å². The number of fused-ring (bicyclic) bond motifs is 1. The van der Waals surface area contributed by atoms with Crippen LogP contribution in [0.4, 0.5) is 11.8 Å². The molecule has 3 aromatic rings. The molecule has 35 heavy (non-hydrogen) atoms. The Morgan fingerprint density at radius 1 is 1.09 bits per heavy atom. The third kappa shape index (κ3) is 5.50. The van der Waals surface area contributed by atoms with E-state index in [-0.39, 0.29) is 11.9 Å². The average Bonchev–Trinajstić information content (AvgIpc) is 3.26. The van der Waals surface area contributed by atoms with Crippen LogP contribution in [0.5, 0.6) is 0 Å². The van der Waals surface area contributed by atoms with Crippen molar-refractivity contribution in [2.24, 2.45) is 0 Å². The molecule has 186 valence electrons. The van der Waals surface area contributed by atoms with Crippen LogP contribution < -0.4 is 10.6 Å². The predicted octanol–water partition coefficient (Wildman–Crippen LogP) is 0.773. The van der Waals surface area contributed by atoms with Crippen LogP contribution in [0, 0.1) is 0 Å². The molecule has 0 atom stereocenters. The summed E-state index contributed by atoms with van der Waals surface area (Å²) >= 11 is 1.75. The van der Waals surface area contributed by atoms with Crippen LogP contribution in [0.3, 0.4) is 0 Å². The first-order chi connectivity index (χ1) is 17.0. The second-order valence-corrected chi connectivity index (χ2v) is 10.3. The Morgan fingerprint density at radius 3 is 2.49 bits per heavy atom. The first-order valence-electron chi connectivity index (χ1n) is 11.8. The molecule has 12 heteroatoms. The third-order valence-corrected chi connectivity index (χ3v) is 7.31. The number of anilines is 2. The summed E-state index contributed by atoms with van der Waals surface area (Å²) in [5.41, 5.74) is 7.33. The summed E-state index contributed by atoms with van der Waals surface area (Å²) < 4.78 is 6.65. The van der Waals surface area contributed by atoms with Crippen LogP contribution in [-0.2, 0) is 16.1 Å². The summed E-state index contributed by atoms with van der Waals surface area (Å²) in [6, 6.07) is 2.16. The maximum Gasteiger partial charge on any atom is 0.236 e. The van der Waals surface area contributed by atoms with Gasteiger partial charge in [0.25, 0.3) is 0 Å². The van der Waals surface area contributed by atoms with Crippen molar-refractivity contribution in [2.75, 3.05) is 83.8 Å². The monoisotopic (exact) mass is 497 g/mol. The zero-order chi connectivity index (χ0) is 24.4. The van der Waals surface area contributed by atoms with Crippen molar-refractivity contribution in [3.8, 4) is 11.4 Å². The Balaban J connectivity index is 1.37. The highest BCUT2D eigenvalue weighted by molar-refractivity contribution is 7.19. The van der Waals surface area contributed by atoms with Crippen molar-refractivity contribution in [1.82, 2.24) is 34.6 Å². The van der Waals surface area contributed by atoms with Gasteiger partial charge in [-0.3, -0.25) is 9.69 Å². The van der Waals surface area contributed by atoms with Crippen LogP contribution in [0.1, 0.15) is 4.88 Å². The minimum atomic E-state index is 0.195. The lowest BCUT2D eigenvalue weighted by atomic mass is 10.2. The fourth-order valence-electron chi connectivity index (χ4n) is 4.36. The van der Waals surface area contributed by atoms with Crippen molar-refractivity contribution in [3.05, 3.63) is 23.3 Å². The van der Waals surface area contributed by atoms with Crippen molar-refractivity contribution in [3.63, 3.8) is 0 Å². The largest absolute Gasteiger partial charge is 0.378 e. The van der Waals surface area contributed by atoms with Crippen LogP contribution in [-0.4, -0.2) is 114 Å². The summed E-state index contributed by atoms with van der Waals surface area (Å²) in [5.74, 6) is 1.95. The zero-order valence-corrected chi connectivity index (χ0v) is 21.0. The molecule has 2 aliphatic heterocycles. The molecule has 0 aromatic carbocycles. The van der Waals surface area contributed by atoms with E-state index in [1.807, 2.05) is 23.9 Å². The highest BCUT2D eigenvalue weighted by atomic mass is 32.1. The number of carbonyl (C=O) groups excluding carboxylic acids is 1. The second kappa shape index (κ2) is 10.4. The number of thiophene rings is 1. The van der Waals surface area contributed by atoms with E-state index in [1.165, 1.54) is 4.88 Å². The summed E-state index contributed by atoms with van der Waals surface area (Å²) in [7, 11) is 3.85. The van der Waals surface area contributed by atoms with Gasteiger partial charge in [-0.15, -0.1) is 11.3 Å². The van der Waals surface area contributed by atoms with E-state index in [4.69, 9.17) is 20.4 Å². The van der Waals surface area contributed by atoms with Gasteiger partial charge >= 0.3 is 0 Å². The van der Waals surface area contributed by atoms with Crippen molar-refractivity contribution >= 4 is 39.2 Å². The quantitative estimate of drug-likeness (QED) is 0.523. The minimum absolute atomic E-state index is 0.195. The summed E-state index contributed by atoms with van der Waals surface area (Å²) in [5, 5.41) is 0. The molecule has 5 heterocycles.